The molecule has 2 aromatic carbocycles. The zero-order valence-electron chi connectivity index (χ0n) is 13.0. The Bertz CT molecular complexity index is 774. The van der Waals surface area contributed by atoms with Gasteiger partial charge in [0.2, 0.25) is 5.43 Å². The first-order valence-electron chi connectivity index (χ1n) is 7.82. The second kappa shape index (κ2) is 7.08. The lowest BCUT2D eigenvalue weighted by Gasteiger charge is -2.35. The number of nitriles is 1. The van der Waals surface area contributed by atoms with Crippen molar-refractivity contribution in [2.75, 3.05) is 31.1 Å². The summed E-state index contributed by atoms with van der Waals surface area (Å²) < 4.78 is 0. The van der Waals surface area contributed by atoms with Gasteiger partial charge in [0.1, 0.15) is 0 Å². The van der Waals surface area contributed by atoms with Crippen LogP contribution in [0.1, 0.15) is 11.1 Å². The summed E-state index contributed by atoms with van der Waals surface area (Å²) in [7, 11) is 0. The number of nitrogens with zero attached hydrogens (tertiary/aromatic N) is 3. The quantitative estimate of drug-likeness (QED) is 0.872. The van der Waals surface area contributed by atoms with Crippen molar-refractivity contribution < 1.29 is 0 Å². The highest BCUT2D eigenvalue weighted by Crippen LogP contribution is 2.15. The third kappa shape index (κ3) is 3.58. The first-order valence-corrected chi connectivity index (χ1v) is 7.82. The molecule has 4 nitrogen and oxygen atoms in total. The minimum absolute atomic E-state index is 0.0678. The lowest BCUT2D eigenvalue weighted by molar-refractivity contribution is 0.249. The molecule has 0 radical (unpaired) electrons. The van der Waals surface area contributed by atoms with Crippen LogP contribution in [0.2, 0.25) is 0 Å². The van der Waals surface area contributed by atoms with Gasteiger partial charge in [0.25, 0.3) is 0 Å². The third-order valence-corrected chi connectivity index (χ3v) is 4.22. The average Bonchev–Trinajstić information content (AvgIpc) is 2.81. The van der Waals surface area contributed by atoms with E-state index in [1.165, 1.54) is 0 Å². The summed E-state index contributed by atoms with van der Waals surface area (Å²) in [6, 6.07) is 19.1. The molecule has 116 valence electrons. The summed E-state index contributed by atoms with van der Waals surface area (Å²) in [5.74, 6) is 0. The maximum absolute atomic E-state index is 12.1. The predicted molar refractivity (Wildman–Crippen MR) is 91.4 cm³/mol. The van der Waals surface area contributed by atoms with Crippen LogP contribution in [-0.2, 0) is 6.54 Å². The van der Waals surface area contributed by atoms with Crippen LogP contribution in [0.15, 0.2) is 59.4 Å². The maximum Gasteiger partial charge on any atom is 0.201 e. The van der Waals surface area contributed by atoms with Crippen molar-refractivity contribution in [3.8, 4) is 6.07 Å². The Balaban J connectivity index is 1.66. The number of benzene rings is 1. The zero-order chi connectivity index (χ0) is 16.1. The highest BCUT2D eigenvalue weighted by atomic mass is 16.1. The number of rotatable bonds is 3. The number of hydrogen-bond acceptors (Lipinski definition) is 4. The minimum atomic E-state index is 0.0678. The summed E-state index contributed by atoms with van der Waals surface area (Å²) in [6.45, 7) is 4.21. The monoisotopic (exact) mass is 305 g/mol. The van der Waals surface area contributed by atoms with Gasteiger partial charge in [0.05, 0.1) is 17.3 Å². The van der Waals surface area contributed by atoms with E-state index in [1.807, 2.05) is 42.5 Å². The summed E-state index contributed by atoms with van der Waals surface area (Å²) in [6.07, 6.45) is 0. The average molecular weight is 305 g/mol. The molecule has 1 aliphatic rings. The number of anilines is 1. The van der Waals surface area contributed by atoms with Crippen LogP contribution < -0.4 is 10.3 Å². The summed E-state index contributed by atoms with van der Waals surface area (Å²) in [5.41, 5.74) is 2.65. The van der Waals surface area contributed by atoms with E-state index in [1.54, 1.807) is 12.1 Å². The molecule has 1 saturated heterocycles. The Kier molecular flexibility index (Phi) is 4.70. The van der Waals surface area contributed by atoms with E-state index >= 15 is 0 Å². The molecular weight excluding hydrogens is 286 g/mol. The van der Waals surface area contributed by atoms with E-state index in [0.717, 1.165) is 49.5 Å². The second-order valence-corrected chi connectivity index (χ2v) is 5.69. The highest BCUT2D eigenvalue weighted by molar-refractivity contribution is 5.45. The van der Waals surface area contributed by atoms with E-state index in [0.29, 0.717) is 0 Å². The summed E-state index contributed by atoms with van der Waals surface area (Å²) in [4.78, 5) is 16.6. The van der Waals surface area contributed by atoms with Gasteiger partial charge in [-0.2, -0.15) is 5.26 Å². The van der Waals surface area contributed by atoms with E-state index in [4.69, 9.17) is 0 Å². The SMILES string of the molecule is N#Cc1ccccc1CN1CCN(c2cccccc2=O)CC1. The first kappa shape index (κ1) is 15.3. The normalized spacial score (nSPS) is 15.2. The van der Waals surface area contributed by atoms with Gasteiger partial charge >= 0.3 is 0 Å². The van der Waals surface area contributed by atoms with Gasteiger partial charge < -0.3 is 4.90 Å². The Morgan fingerprint density at radius 1 is 0.913 bits per heavy atom. The van der Waals surface area contributed by atoms with Crippen molar-refractivity contribution >= 4 is 5.69 Å². The molecule has 1 aliphatic heterocycles. The lowest BCUT2D eigenvalue weighted by Crippen LogP contribution is -2.47. The van der Waals surface area contributed by atoms with Gasteiger partial charge in [-0.05, 0) is 23.8 Å². The molecular formula is C19H19N3O. The Labute approximate surface area is 136 Å². The molecule has 1 fully saturated rings. The van der Waals surface area contributed by atoms with Gasteiger partial charge in [0, 0.05) is 32.7 Å². The van der Waals surface area contributed by atoms with Gasteiger partial charge in [-0.15, -0.1) is 0 Å². The molecule has 23 heavy (non-hydrogen) atoms. The zero-order valence-corrected chi connectivity index (χ0v) is 13.0. The summed E-state index contributed by atoms with van der Waals surface area (Å²) in [5, 5.41) is 9.18. The Morgan fingerprint density at radius 2 is 1.61 bits per heavy atom. The Morgan fingerprint density at radius 3 is 2.39 bits per heavy atom. The molecule has 1 heterocycles. The maximum atomic E-state index is 12.1. The predicted octanol–water partition coefficient (Wildman–Crippen LogP) is 2.24. The van der Waals surface area contributed by atoms with Crippen LogP contribution in [0, 0.1) is 11.3 Å². The fraction of sp³-hybridized carbons (Fsp3) is 0.263. The molecule has 0 spiro atoms. The van der Waals surface area contributed by atoms with Crippen LogP contribution in [0.5, 0.6) is 0 Å². The second-order valence-electron chi connectivity index (χ2n) is 5.69. The standard InChI is InChI=1S/C19H19N3O/c20-14-16-6-4-5-7-17(16)15-21-10-12-22(13-11-21)18-8-2-1-3-9-19(18)23/h1-9H,10-13,15H2. The molecule has 0 aliphatic carbocycles. The molecule has 0 atom stereocenters. The van der Waals surface area contributed by atoms with Crippen molar-refractivity contribution in [1.82, 2.24) is 4.90 Å². The van der Waals surface area contributed by atoms with E-state index < -0.39 is 0 Å². The van der Waals surface area contributed by atoms with Crippen LogP contribution in [0.25, 0.3) is 0 Å². The molecule has 2 aromatic rings. The molecule has 4 heteroatoms. The first-order chi connectivity index (χ1) is 11.3. The number of hydrogen-bond donors (Lipinski definition) is 0. The molecule has 0 aromatic heterocycles. The summed E-state index contributed by atoms with van der Waals surface area (Å²) >= 11 is 0. The van der Waals surface area contributed by atoms with Crippen molar-refractivity contribution in [2.24, 2.45) is 0 Å². The van der Waals surface area contributed by atoms with Crippen LogP contribution >= 0.6 is 0 Å². The van der Waals surface area contributed by atoms with Gasteiger partial charge in [-0.1, -0.05) is 36.4 Å². The highest BCUT2D eigenvalue weighted by Gasteiger charge is 2.19. The largest absolute Gasteiger partial charge is 0.366 e. The van der Waals surface area contributed by atoms with Crippen LogP contribution in [0.4, 0.5) is 5.69 Å². The van der Waals surface area contributed by atoms with E-state index in [9.17, 15) is 10.1 Å². The molecule has 0 N–H and O–H groups in total. The van der Waals surface area contributed by atoms with Gasteiger partial charge in [0.15, 0.2) is 0 Å². The molecule has 0 unspecified atom stereocenters. The molecule has 0 amide bonds. The number of piperazine rings is 1. The fourth-order valence-corrected chi connectivity index (χ4v) is 2.94. The molecule has 0 saturated carbocycles. The minimum Gasteiger partial charge on any atom is -0.366 e. The van der Waals surface area contributed by atoms with Gasteiger partial charge in [-0.3, -0.25) is 9.69 Å². The van der Waals surface area contributed by atoms with Crippen LogP contribution in [-0.4, -0.2) is 31.1 Å². The topological polar surface area (TPSA) is 47.3 Å². The van der Waals surface area contributed by atoms with Crippen LogP contribution in [0.3, 0.4) is 0 Å². The van der Waals surface area contributed by atoms with Crippen molar-refractivity contribution in [2.45, 2.75) is 6.54 Å². The van der Waals surface area contributed by atoms with E-state index in [2.05, 4.69) is 15.9 Å². The van der Waals surface area contributed by atoms with Crippen molar-refractivity contribution in [3.63, 3.8) is 0 Å². The van der Waals surface area contributed by atoms with E-state index in [-0.39, 0.29) is 5.43 Å². The van der Waals surface area contributed by atoms with Crippen molar-refractivity contribution in [1.29, 1.82) is 5.26 Å². The molecule has 0 bridgehead atoms. The molecule has 3 rings (SSSR count). The van der Waals surface area contributed by atoms with Crippen molar-refractivity contribution in [3.05, 3.63) is 75.9 Å². The smallest absolute Gasteiger partial charge is 0.201 e. The Hall–Kier alpha value is -2.64. The fourth-order valence-electron chi connectivity index (χ4n) is 2.94. The lowest BCUT2D eigenvalue weighted by atomic mass is 10.1. The third-order valence-electron chi connectivity index (χ3n) is 4.22. The van der Waals surface area contributed by atoms with Gasteiger partial charge in [-0.25, -0.2) is 0 Å².